The molecule has 1 aliphatic heterocycles. The summed E-state index contributed by atoms with van der Waals surface area (Å²) in [5.41, 5.74) is 1.24. The van der Waals surface area contributed by atoms with Crippen LogP contribution in [0.25, 0.3) is 10.8 Å². The molecule has 0 aromatic heterocycles. The van der Waals surface area contributed by atoms with Crippen molar-refractivity contribution in [2.24, 2.45) is 0 Å². The molecule has 0 radical (unpaired) electrons. The van der Waals surface area contributed by atoms with E-state index in [4.69, 9.17) is 9.47 Å². The molecule has 1 aliphatic rings. The zero-order valence-corrected chi connectivity index (χ0v) is 13.7. The molecule has 3 rings (SSSR count). The quantitative estimate of drug-likeness (QED) is 0.841. The maximum atomic E-state index is 5.80. The van der Waals surface area contributed by atoms with Crippen molar-refractivity contribution in [3.05, 3.63) is 42.0 Å². The molecule has 0 bridgehead atoms. The highest BCUT2D eigenvalue weighted by atomic mass is 35.5. The van der Waals surface area contributed by atoms with E-state index >= 15 is 0 Å². The Morgan fingerprint density at radius 3 is 2.86 bits per heavy atom. The first-order valence-electron chi connectivity index (χ1n) is 7.84. The lowest BCUT2D eigenvalue weighted by Crippen LogP contribution is -3.00. The van der Waals surface area contributed by atoms with Gasteiger partial charge in [-0.2, -0.15) is 0 Å². The molecule has 0 aliphatic carbocycles. The Labute approximate surface area is 138 Å². The van der Waals surface area contributed by atoms with Gasteiger partial charge in [0.25, 0.3) is 0 Å². The van der Waals surface area contributed by atoms with E-state index in [9.17, 15) is 0 Å². The predicted molar refractivity (Wildman–Crippen MR) is 85.8 cm³/mol. The van der Waals surface area contributed by atoms with Crippen LogP contribution in [0.4, 0.5) is 0 Å². The van der Waals surface area contributed by atoms with E-state index in [1.807, 2.05) is 6.92 Å². The maximum Gasteiger partial charge on any atom is 0.124 e. The van der Waals surface area contributed by atoms with Gasteiger partial charge < -0.3 is 27.2 Å². The first-order chi connectivity index (χ1) is 10.4. The number of benzene rings is 2. The molecule has 4 heteroatoms. The highest BCUT2D eigenvalue weighted by molar-refractivity contribution is 5.87. The fourth-order valence-electron chi connectivity index (χ4n) is 2.95. The van der Waals surface area contributed by atoms with Crippen molar-refractivity contribution in [1.29, 1.82) is 0 Å². The molecule has 0 saturated carbocycles. The average Bonchev–Trinajstić information content (AvgIpc) is 3.02. The Bertz CT molecular complexity index is 597. The number of rotatable bonds is 6. The van der Waals surface area contributed by atoms with Crippen molar-refractivity contribution in [2.75, 3.05) is 19.8 Å². The summed E-state index contributed by atoms with van der Waals surface area (Å²) in [4.78, 5) is 0. The average molecular weight is 321 g/mol. The third-order valence-electron chi connectivity index (χ3n) is 4.00. The van der Waals surface area contributed by atoms with E-state index in [1.54, 1.807) is 0 Å². The number of hydrogen-bond donors (Lipinski definition) is 1. The largest absolute Gasteiger partial charge is 1.00 e. The van der Waals surface area contributed by atoms with Crippen LogP contribution in [0.1, 0.15) is 25.3 Å². The van der Waals surface area contributed by atoms with Gasteiger partial charge in [-0.3, -0.25) is 0 Å². The number of ether oxygens (including phenoxy) is 2. The smallest absolute Gasteiger partial charge is 0.124 e. The Morgan fingerprint density at radius 1 is 1.23 bits per heavy atom. The van der Waals surface area contributed by atoms with Gasteiger partial charge >= 0.3 is 0 Å². The van der Waals surface area contributed by atoms with Crippen molar-refractivity contribution in [3.8, 4) is 5.75 Å². The first-order valence-corrected chi connectivity index (χ1v) is 7.84. The van der Waals surface area contributed by atoms with Gasteiger partial charge in [-0.15, -0.1) is 0 Å². The minimum absolute atomic E-state index is 0. The topological polar surface area (TPSA) is 30.5 Å². The van der Waals surface area contributed by atoms with E-state index in [0.717, 1.165) is 25.4 Å². The van der Waals surface area contributed by atoms with Crippen molar-refractivity contribution in [3.63, 3.8) is 0 Å². The summed E-state index contributed by atoms with van der Waals surface area (Å²) in [5.74, 6) is 0.982. The van der Waals surface area contributed by atoms with E-state index < -0.39 is 0 Å². The van der Waals surface area contributed by atoms with Crippen molar-refractivity contribution < 1.29 is 21.9 Å². The zero-order chi connectivity index (χ0) is 14.5. The van der Waals surface area contributed by atoms with Gasteiger partial charge in [-0.05, 0) is 36.6 Å². The second kappa shape index (κ2) is 8.37. The zero-order valence-electron chi connectivity index (χ0n) is 13.0. The summed E-state index contributed by atoms with van der Waals surface area (Å²) >= 11 is 0. The highest BCUT2D eigenvalue weighted by Gasteiger charge is 2.15. The van der Waals surface area contributed by atoms with Crippen LogP contribution in [0.15, 0.2) is 36.4 Å². The van der Waals surface area contributed by atoms with Gasteiger partial charge in [0.1, 0.15) is 5.75 Å². The van der Waals surface area contributed by atoms with Crippen molar-refractivity contribution in [2.45, 2.75) is 32.4 Å². The fraction of sp³-hybridized carbons (Fsp3) is 0.444. The fourth-order valence-corrected chi connectivity index (χ4v) is 2.95. The summed E-state index contributed by atoms with van der Waals surface area (Å²) in [5, 5.41) is 6.06. The van der Waals surface area contributed by atoms with Crippen LogP contribution in [-0.2, 0) is 11.3 Å². The van der Waals surface area contributed by atoms with Gasteiger partial charge in [-0.25, -0.2) is 0 Å². The normalized spacial score (nSPS) is 17.4. The lowest BCUT2D eigenvalue weighted by Gasteiger charge is -2.16. The first kappa shape index (κ1) is 17.1. The molecule has 0 spiro atoms. The SMILES string of the molecule is CCOc1ccc2ccccc2c1CNCC1CCCO1.[Cl-]. The van der Waals surface area contributed by atoms with E-state index in [-0.39, 0.29) is 12.4 Å². The molecular formula is C18H23ClNO2-. The van der Waals surface area contributed by atoms with Crippen LogP contribution < -0.4 is 22.5 Å². The molecule has 3 nitrogen and oxygen atoms in total. The lowest BCUT2D eigenvalue weighted by atomic mass is 10.0. The minimum atomic E-state index is 0. The number of nitrogens with one attached hydrogen (secondary N) is 1. The molecule has 0 amide bonds. The van der Waals surface area contributed by atoms with Gasteiger partial charge in [0, 0.05) is 25.3 Å². The van der Waals surface area contributed by atoms with E-state index in [0.29, 0.717) is 12.7 Å². The molecule has 22 heavy (non-hydrogen) atoms. The van der Waals surface area contributed by atoms with Crippen LogP contribution in [0.2, 0.25) is 0 Å². The van der Waals surface area contributed by atoms with Crippen molar-refractivity contribution in [1.82, 2.24) is 5.32 Å². The second-order valence-electron chi connectivity index (χ2n) is 5.46. The Balaban J connectivity index is 0.00000176. The van der Waals surface area contributed by atoms with E-state index in [1.165, 1.54) is 29.2 Å². The predicted octanol–water partition coefficient (Wildman–Crippen LogP) is 0.511. The van der Waals surface area contributed by atoms with Crippen LogP contribution >= 0.6 is 0 Å². The van der Waals surface area contributed by atoms with Gasteiger partial charge in [-0.1, -0.05) is 30.3 Å². The number of fused-ring (bicyclic) bond motifs is 1. The minimum Gasteiger partial charge on any atom is -1.00 e. The molecule has 1 fully saturated rings. The molecule has 1 unspecified atom stereocenters. The van der Waals surface area contributed by atoms with Gasteiger partial charge in [0.05, 0.1) is 12.7 Å². The van der Waals surface area contributed by atoms with Crippen LogP contribution in [0.3, 0.4) is 0 Å². The standard InChI is InChI=1S/C18H23NO2.ClH/c1-2-20-18-10-9-14-6-3-4-8-16(14)17(18)13-19-12-15-7-5-11-21-15;/h3-4,6,8-10,15,19H,2,5,7,11-13H2,1H3;1H/p-1. The lowest BCUT2D eigenvalue weighted by molar-refractivity contribution is -0.00000604. The maximum absolute atomic E-state index is 5.80. The van der Waals surface area contributed by atoms with Crippen LogP contribution in [0, 0.1) is 0 Å². The summed E-state index contributed by atoms with van der Waals surface area (Å²) in [6, 6.07) is 12.7. The van der Waals surface area contributed by atoms with Gasteiger partial charge in [0.2, 0.25) is 0 Å². The molecule has 1 saturated heterocycles. The third-order valence-corrected chi connectivity index (χ3v) is 4.00. The van der Waals surface area contributed by atoms with Crippen LogP contribution in [-0.4, -0.2) is 25.9 Å². The third kappa shape index (κ3) is 3.92. The molecule has 2 aromatic carbocycles. The second-order valence-corrected chi connectivity index (χ2v) is 5.46. The summed E-state index contributed by atoms with van der Waals surface area (Å²) in [6.07, 6.45) is 2.72. The molecule has 1 heterocycles. The summed E-state index contributed by atoms with van der Waals surface area (Å²) in [7, 11) is 0. The molecular weight excluding hydrogens is 298 g/mol. The molecule has 1 atom stereocenters. The van der Waals surface area contributed by atoms with Crippen molar-refractivity contribution >= 4 is 10.8 Å². The molecule has 2 aromatic rings. The summed E-state index contributed by atoms with van der Waals surface area (Å²) < 4.78 is 11.5. The summed E-state index contributed by atoms with van der Waals surface area (Å²) in [6.45, 7) is 5.35. The Hall–Kier alpha value is -1.29. The monoisotopic (exact) mass is 320 g/mol. The number of hydrogen-bond acceptors (Lipinski definition) is 3. The molecule has 1 N–H and O–H groups in total. The highest BCUT2D eigenvalue weighted by Crippen LogP contribution is 2.28. The van der Waals surface area contributed by atoms with Crippen LogP contribution in [0.5, 0.6) is 5.75 Å². The molecule has 120 valence electrons. The Kier molecular flexibility index (Phi) is 6.49. The van der Waals surface area contributed by atoms with Gasteiger partial charge in [0.15, 0.2) is 0 Å². The van der Waals surface area contributed by atoms with E-state index in [2.05, 4.69) is 41.7 Å². The number of halogens is 1. The Morgan fingerprint density at radius 2 is 2.09 bits per heavy atom.